The predicted octanol–water partition coefficient (Wildman–Crippen LogP) is 28.6. The smallest absolute Gasteiger partial charge is 0.0541 e. The van der Waals surface area contributed by atoms with Crippen molar-refractivity contribution in [1.82, 2.24) is 18.3 Å². The van der Waals surface area contributed by atoms with E-state index >= 15 is 0 Å². The average molecular weight is 1400 g/mol. The molecule has 18 aromatic carbocycles. The van der Waals surface area contributed by atoms with Gasteiger partial charge in [0.25, 0.3) is 0 Å². The second-order valence-electron chi connectivity index (χ2n) is 28.8. The molecule has 0 fully saturated rings. The fourth-order valence-electron chi connectivity index (χ4n) is 17.1. The van der Waals surface area contributed by atoms with Crippen molar-refractivity contribution in [2.75, 3.05) is 0 Å². The zero-order valence-corrected chi connectivity index (χ0v) is 60.2. The van der Waals surface area contributed by atoms with Gasteiger partial charge in [-0.15, -0.1) is 0 Å². The summed E-state index contributed by atoms with van der Waals surface area (Å²) >= 11 is 0. The van der Waals surface area contributed by atoms with E-state index in [1.165, 1.54) is 176 Å². The Labute approximate surface area is 637 Å². The van der Waals surface area contributed by atoms with E-state index < -0.39 is 0 Å². The van der Waals surface area contributed by atoms with Gasteiger partial charge in [-0.1, -0.05) is 291 Å². The van der Waals surface area contributed by atoms with Crippen molar-refractivity contribution in [3.8, 4) is 101 Å². The molecular weight excluding hydrogens is 1330 g/mol. The van der Waals surface area contributed by atoms with Crippen molar-refractivity contribution in [2.24, 2.45) is 0 Å². The topological polar surface area (TPSA) is 19.7 Å². The number of benzene rings is 18. The van der Waals surface area contributed by atoms with Gasteiger partial charge in [-0.05, 0) is 222 Å². The average Bonchev–Trinajstić information content (AvgIpc) is 1.60. The number of hydrogen-bond acceptors (Lipinski definition) is 0. The molecule has 4 heterocycles. The highest BCUT2D eigenvalue weighted by atomic mass is 15.0. The molecule has 0 atom stereocenters. The number of rotatable bonds is 11. The number of hydrogen-bond donors (Lipinski definition) is 0. The van der Waals surface area contributed by atoms with Crippen molar-refractivity contribution < 1.29 is 0 Å². The van der Waals surface area contributed by atoms with E-state index in [0.717, 1.165) is 22.7 Å². The normalized spacial score (nSPS) is 11.6. The van der Waals surface area contributed by atoms with Crippen LogP contribution in [0.25, 0.3) is 199 Å². The summed E-state index contributed by atoms with van der Waals surface area (Å²) in [7, 11) is 0. The number of aromatic nitrogens is 4. The van der Waals surface area contributed by atoms with Crippen LogP contribution in [0, 0.1) is 0 Å². The highest BCUT2D eigenvalue weighted by molar-refractivity contribution is 6.15. The summed E-state index contributed by atoms with van der Waals surface area (Å²) in [5, 5.41) is 12.5. The standard InChI is InChI=1S/C54H36N2.C52H34N2/c1-3-13-37(14-4-1)40-17-11-18-41(33-40)39-25-29-45(30-26-39)55-51-23-9-7-21-47(51)49-35-43(27-31-53(49)55)44-28-32-54-50(36-44)48-22-8-10-24-52(48)56(54)46-20-12-19-42(34-46)38-15-5-2-6-16-38;1-2-11-35(12-3-1)39-15-10-16-44(32-39)54-50-20-9-7-18-46(50)48-34-42(26-30-52(48)54)41-25-29-51-47(33-41)45-17-6-8-19-49(45)53(51)43-27-23-37(24-28-43)40-22-21-36-13-4-5-14-38(36)31-40/h1-36H;1-34H. The molecule has 110 heavy (non-hydrogen) atoms. The van der Waals surface area contributed by atoms with Gasteiger partial charge >= 0.3 is 0 Å². The molecule has 0 N–H and O–H groups in total. The summed E-state index contributed by atoms with van der Waals surface area (Å²) in [6.07, 6.45) is 0. The first-order chi connectivity index (χ1) is 54.5. The molecule has 22 aromatic rings. The number of nitrogens with zero attached hydrogens (tertiary/aromatic N) is 4. The second kappa shape index (κ2) is 26.8. The molecule has 0 saturated heterocycles. The van der Waals surface area contributed by atoms with Crippen LogP contribution in [0.3, 0.4) is 0 Å². The van der Waals surface area contributed by atoms with Crippen LogP contribution in [0.5, 0.6) is 0 Å². The first-order valence-electron chi connectivity index (χ1n) is 37.8. The molecule has 4 heteroatoms. The molecule has 0 bridgehead atoms. The molecule has 0 amide bonds. The van der Waals surface area contributed by atoms with Gasteiger partial charge in [-0.25, -0.2) is 0 Å². The van der Waals surface area contributed by atoms with Gasteiger partial charge in [-0.3, -0.25) is 0 Å². The zero-order valence-electron chi connectivity index (χ0n) is 60.2. The molecule has 0 radical (unpaired) electrons. The fourth-order valence-corrected chi connectivity index (χ4v) is 17.1. The Morgan fingerprint density at radius 1 is 0.109 bits per heavy atom. The Hall–Kier alpha value is -14.6. The van der Waals surface area contributed by atoms with Crippen molar-refractivity contribution in [1.29, 1.82) is 0 Å². The maximum absolute atomic E-state index is 2.41. The largest absolute Gasteiger partial charge is 0.309 e. The van der Waals surface area contributed by atoms with E-state index in [2.05, 4.69) is 443 Å². The van der Waals surface area contributed by atoms with Gasteiger partial charge in [0.15, 0.2) is 0 Å². The molecule has 0 aliphatic carbocycles. The summed E-state index contributed by atoms with van der Waals surface area (Å²) in [4.78, 5) is 0. The minimum atomic E-state index is 1.15. The minimum Gasteiger partial charge on any atom is -0.309 e. The third kappa shape index (κ3) is 11.2. The molecule has 0 unspecified atom stereocenters. The lowest BCUT2D eigenvalue weighted by Crippen LogP contribution is -1.94. The van der Waals surface area contributed by atoms with Crippen LogP contribution in [0.4, 0.5) is 0 Å². The van der Waals surface area contributed by atoms with Gasteiger partial charge in [0.05, 0.1) is 44.1 Å². The maximum Gasteiger partial charge on any atom is 0.0541 e. The highest BCUT2D eigenvalue weighted by Gasteiger charge is 2.21. The van der Waals surface area contributed by atoms with Gasteiger partial charge in [0, 0.05) is 65.8 Å². The van der Waals surface area contributed by atoms with E-state index in [4.69, 9.17) is 0 Å². The summed E-state index contributed by atoms with van der Waals surface area (Å²) in [5.74, 6) is 0. The first kappa shape index (κ1) is 63.9. The number of para-hydroxylation sites is 4. The van der Waals surface area contributed by atoms with Crippen LogP contribution in [0.2, 0.25) is 0 Å². The summed E-state index contributed by atoms with van der Waals surface area (Å²) < 4.78 is 9.62. The lowest BCUT2D eigenvalue weighted by molar-refractivity contribution is 1.18. The molecule has 22 rings (SSSR count). The van der Waals surface area contributed by atoms with Crippen LogP contribution >= 0.6 is 0 Å². The predicted molar refractivity (Wildman–Crippen MR) is 466 cm³/mol. The van der Waals surface area contributed by atoms with Crippen molar-refractivity contribution in [2.45, 2.75) is 0 Å². The fraction of sp³-hybridized carbons (Fsp3) is 0. The molecule has 4 aromatic heterocycles. The monoisotopic (exact) mass is 1400 g/mol. The van der Waals surface area contributed by atoms with Crippen LogP contribution in [0.1, 0.15) is 0 Å². The second-order valence-corrected chi connectivity index (χ2v) is 28.8. The van der Waals surface area contributed by atoms with Crippen LogP contribution in [0.15, 0.2) is 425 Å². The van der Waals surface area contributed by atoms with Crippen molar-refractivity contribution in [3.05, 3.63) is 425 Å². The molecule has 0 aliphatic heterocycles. The van der Waals surface area contributed by atoms with E-state index in [0.29, 0.717) is 0 Å². The van der Waals surface area contributed by atoms with Gasteiger partial charge < -0.3 is 18.3 Å². The molecular formula is C106H70N4. The summed E-state index contributed by atoms with van der Waals surface area (Å²) in [6, 6.07) is 155. The Kier molecular flexibility index (Phi) is 15.5. The molecule has 0 spiro atoms. The lowest BCUT2D eigenvalue weighted by atomic mass is 9.99. The van der Waals surface area contributed by atoms with Crippen LogP contribution in [-0.4, -0.2) is 18.3 Å². The van der Waals surface area contributed by atoms with E-state index in [-0.39, 0.29) is 0 Å². The molecule has 0 aliphatic rings. The van der Waals surface area contributed by atoms with Crippen molar-refractivity contribution in [3.63, 3.8) is 0 Å². The van der Waals surface area contributed by atoms with E-state index in [1.54, 1.807) is 0 Å². The van der Waals surface area contributed by atoms with E-state index in [9.17, 15) is 0 Å². The van der Waals surface area contributed by atoms with Crippen LogP contribution < -0.4 is 0 Å². The zero-order chi connectivity index (χ0) is 72.6. The van der Waals surface area contributed by atoms with E-state index in [1.807, 2.05) is 0 Å². The Morgan fingerprint density at radius 3 is 0.709 bits per heavy atom. The minimum absolute atomic E-state index is 1.15. The van der Waals surface area contributed by atoms with Gasteiger partial charge in [-0.2, -0.15) is 0 Å². The molecule has 0 saturated carbocycles. The SMILES string of the molecule is c1ccc(-c2cccc(-c3ccc(-n4c5ccccc5c5cc(-c6ccc7c(c6)c6ccccc6n7-c6cccc(-c7ccccc7)c6)ccc54)cc3)c2)cc1.c1ccc(-c2cccc(-n3c4ccccc4c4cc(-c5ccc6c(c5)c5ccccc5n6-c5ccc(-c6ccc7ccccc7c6)cc5)ccc43)c2)cc1. The summed E-state index contributed by atoms with van der Waals surface area (Å²) in [5.41, 5.74) is 31.3. The third-order valence-corrected chi connectivity index (χ3v) is 22.4. The first-order valence-corrected chi connectivity index (χ1v) is 37.8. The Morgan fingerprint density at radius 2 is 0.345 bits per heavy atom. The molecule has 514 valence electrons. The lowest BCUT2D eigenvalue weighted by Gasteiger charge is -2.11. The van der Waals surface area contributed by atoms with Crippen molar-refractivity contribution >= 4 is 98.0 Å². The quantitative estimate of drug-likeness (QED) is 0.123. The Balaban J connectivity index is 0.000000140. The van der Waals surface area contributed by atoms with Gasteiger partial charge in [0.2, 0.25) is 0 Å². The van der Waals surface area contributed by atoms with Crippen LogP contribution in [-0.2, 0) is 0 Å². The number of fused-ring (bicyclic) bond motifs is 13. The molecule has 4 nitrogen and oxygen atoms in total. The third-order valence-electron chi connectivity index (χ3n) is 22.4. The Bertz CT molecular complexity index is 7300. The summed E-state index contributed by atoms with van der Waals surface area (Å²) in [6.45, 7) is 0. The maximum atomic E-state index is 2.41. The highest BCUT2D eigenvalue weighted by Crippen LogP contribution is 2.43. The van der Waals surface area contributed by atoms with Gasteiger partial charge in [0.1, 0.15) is 0 Å².